The summed E-state index contributed by atoms with van der Waals surface area (Å²) >= 11 is 0. The lowest BCUT2D eigenvalue weighted by Gasteiger charge is -2.49. The van der Waals surface area contributed by atoms with Crippen molar-refractivity contribution in [2.24, 2.45) is 5.41 Å². The maximum absolute atomic E-state index is 11.9. The third-order valence-corrected chi connectivity index (χ3v) is 5.79. The van der Waals surface area contributed by atoms with Crippen molar-refractivity contribution >= 4 is 15.9 Å². The Morgan fingerprint density at radius 1 is 1.45 bits per heavy atom. The molecular weight excluding hydrogens is 308 g/mol. The molecule has 2 aliphatic heterocycles. The topological polar surface area (TPSA) is 76.2 Å². The largest absolute Gasteiger partial charge is 0.377 e. The molecule has 0 spiro atoms. The first-order valence-electron chi connectivity index (χ1n) is 7.59. The summed E-state index contributed by atoms with van der Waals surface area (Å²) in [5.74, 6) is -0.0968. The summed E-state index contributed by atoms with van der Waals surface area (Å²) < 4.78 is 36.7. The van der Waals surface area contributed by atoms with E-state index in [4.69, 9.17) is 9.47 Å². The van der Waals surface area contributed by atoms with Crippen LogP contribution in [0.2, 0.25) is 0 Å². The van der Waals surface area contributed by atoms with Crippen LogP contribution < -0.4 is 0 Å². The molecule has 7 nitrogen and oxygen atoms in total. The molecule has 1 amide bonds. The fourth-order valence-corrected chi connectivity index (χ4v) is 4.14. The van der Waals surface area contributed by atoms with Crippen LogP contribution in [0.3, 0.4) is 0 Å². The second-order valence-corrected chi connectivity index (χ2v) is 8.47. The number of sulfonamides is 1. The molecule has 2 fully saturated rings. The van der Waals surface area contributed by atoms with E-state index in [0.29, 0.717) is 32.7 Å². The second kappa shape index (κ2) is 6.82. The number of hydrogen-bond donors (Lipinski definition) is 0. The maximum Gasteiger partial charge on any atom is 0.248 e. The molecule has 128 valence electrons. The van der Waals surface area contributed by atoms with E-state index >= 15 is 0 Å². The Kier molecular flexibility index (Phi) is 5.47. The quantitative estimate of drug-likeness (QED) is 0.703. The lowest BCUT2D eigenvalue weighted by atomic mass is 9.73. The van der Waals surface area contributed by atoms with Crippen molar-refractivity contribution in [3.63, 3.8) is 0 Å². The highest BCUT2D eigenvalue weighted by atomic mass is 32.2. The SMILES string of the molecule is CN(C)C(=O)COCC12CCCOC1CCN(S(C)(=O)=O)C2. The highest BCUT2D eigenvalue weighted by Crippen LogP contribution is 2.41. The molecule has 0 saturated carbocycles. The molecule has 2 aliphatic rings. The standard InChI is InChI=1S/C14H26N2O5S/c1-15(2)13(17)9-20-11-14-6-4-8-21-12(14)5-7-16(10-14)22(3,18)19/h12H,4-11H2,1-3H3. The molecule has 2 rings (SSSR count). The smallest absolute Gasteiger partial charge is 0.248 e. The van der Waals surface area contributed by atoms with Gasteiger partial charge in [-0.3, -0.25) is 4.79 Å². The summed E-state index contributed by atoms with van der Waals surface area (Å²) in [6.45, 7) is 1.97. The molecule has 0 radical (unpaired) electrons. The number of carbonyl (C=O) groups excluding carboxylic acids is 1. The summed E-state index contributed by atoms with van der Waals surface area (Å²) in [5, 5.41) is 0. The number of ether oxygens (including phenoxy) is 2. The van der Waals surface area contributed by atoms with Crippen molar-refractivity contribution in [2.45, 2.75) is 25.4 Å². The molecule has 0 aromatic heterocycles. The number of amides is 1. The fraction of sp³-hybridized carbons (Fsp3) is 0.929. The zero-order valence-electron chi connectivity index (χ0n) is 13.6. The second-order valence-electron chi connectivity index (χ2n) is 6.49. The fourth-order valence-electron chi connectivity index (χ4n) is 3.21. The van der Waals surface area contributed by atoms with Crippen molar-refractivity contribution in [2.75, 3.05) is 53.3 Å². The molecule has 0 aromatic rings. The van der Waals surface area contributed by atoms with E-state index in [2.05, 4.69) is 0 Å². The monoisotopic (exact) mass is 334 g/mol. The van der Waals surface area contributed by atoms with Gasteiger partial charge < -0.3 is 14.4 Å². The van der Waals surface area contributed by atoms with Gasteiger partial charge in [0.2, 0.25) is 15.9 Å². The minimum atomic E-state index is -3.22. The van der Waals surface area contributed by atoms with Gasteiger partial charge in [0.1, 0.15) is 6.61 Å². The van der Waals surface area contributed by atoms with Crippen LogP contribution in [-0.4, -0.2) is 82.9 Å². The minimum absolute atomic E-state index is 0.00806. The third-order valence-electron chi connectivity index (χ3n) is 4.54. The van der Waals surface area contributed by atoms with Crippen LogP contribution in [0.15, 0.2) is 0 Å². The van der Waals surface area contributed by atoms with Crippen LogP contribution in [0.5, 0.6) is 0 Å². The molecule has 2 heterocycles. The van der Waals surface area contributed by atoms with Gasteiger partial charge in [-0.2, -0.15) is 0 Å². The zero-order chi connectivity index (χ0) is 16.4. The van der Waals surface area contributed by atoms with Crippen molar-refractivity contribution in [3.8, 4) is 0 Å². The summed E-state index contributed by atoms with van der Waals surface area (Å²) in [6.07, 6.45) is 3.67. The molecular formula is C14H26N2O5S. The van der Waals surface area contributed by atoms with E-state index in [1.165, 1.54) is 15.5 Å². The summed E-state index contributed by atoms with van der Waals surface area (Å²) in [7, 11) is 0.144. The Labute approximate surface area is 132 Å². The Morgan fingerprint density at radius 3 is 2.82 bits per heavy atom. The average Bonchev–Trinajstić information content (AvgIpc) is 2.45. The van der Waals surface area contributed by atoms with Crippen LogP contribution in [0.1, 0.15) is 19.3 Å². The van der Waals surface area contributed by atoms with Gasteiger partial charge in [-0.1, -0.05) is 0 Å². The van der Waals surface area contributed by atoms with Crippen molar-refractivity contribution in [3.05, 3.63) is 0 Å². The Balaban J connectivity index is 2.05. The van der Waals surface area contributed by atoms with Gasteiger partial charge in [0.05, 0.1) is 19.0 Å². The summed E-state index contributed by atoms with van der Waals surface area (Å²) in [6, 6.07) is 0. The first-order chi connectivity index (χ1) is 10.2. The number of fused-ring (bicyclic) bond motifs is 1. The van der Waals surface area contributed by atoms with Gasteiger partial charge >= 0.3 is 0 Å². The molecule has 2 unspecified atom stereocenters. The molecule has 0 bridgehead atoms. The van der Waals surface area contributed by atoms with Gasteiger partial charge in [-0.25, -0.2) is 12.7 Å². The van der Waals surface area contributed by atoms with Gasteiger partial charge in [0, 0.05) is 39.2 Å². The van der Waals surface area contributed by atoms with Crippen LogP contribution in [0.4, 0.5) is 0 Å². The van der Waals surface area contributed by atoms with E-state index in [9.17, 15) is 13.2 Å². The summed E-state index contributed by atoms with van der Waals surface area (Å²) in [5.41, 5.74) is -0.341. The molecule has 2 atom stereocenters. The number of likely N-dealkylation sites (N-methyl/N-ethyl adjacent to an activating group) is 1. The van der Waals surface area contributed by atoms with E-state index in [-0.39, 0.29) is 24.0 Å². The van der Waals surface area contributed by atoms with Crippen molar-refractivity contribution in [1.82, 2.24) is 9.21 Å². The van der Waals surface area contributed by atoms with Gasteiger partial charge in [-0.15, -0.1) is 0 Å². The van der Waals surface area contributed by atoms with Gasteiger partial charge in [0.15, 0.2) is 0 Å². The van der Waals surface area contributed by atoms with E-state index in [0.717, 1.165) is 12.8 Å². The Hall–Kier alpha value is -0.700. The first-order valence-corrected chi connectivity index (χ1v) is 9.44. The number of hydrogen-bond acceptors (Lipinski definition) is 5. The number of piperidine rings is 1. The molecule has 2 saturated heterocycles. The third kappa shape index (κ3) is 3.98. The average molecular weight is 334 g/mol. The summed E-state index contributed by atoms with van der Waals surface area (Å²) in [4.78, 5) is 13.1. The number of carbonyl (C=O) groups is 1. The minimum Gasteiger partial charge on any atom is -0.377 e. The maximum atomic E-state index is 11.9. The Morgan fingerprint density at radius 2 is 2.18 bits per heavy atom. The zero-order valence-corrected chi connectivity index (χ0v) is 14.4. The molecule has 22 heavy (non-hydrogen) atoms. The van der Waals surface area contributed by atoms with Crippen LogP contribution in [0, 0.1) is 5.41 Å². The van der Waals surface area contributed by atoms with E-state index < -0.39 is 10.0 Å². The van der Waals surface area contributed by atoms with E-state index in [1.54, 1.807) is 14.1 Å². The van der Waals surface area contributed by atoms with E-state index in [1.807, 2.05) is 0 Å². The molecule has 0 aromatic carbocycles. The number of rotatable bonds is 5. The predicted octanol–water partition coefficient (Wildman–Crippen LogP) is -0.0781. The molecule has 0 N–H and O–H groups in total. The molecule has 0 aliphatic carbocycles. The van der Waals surface area contributed by atoms with Crippen LogP contribution >= 0.6 is 0 Å². The van der Waals surface area contributed by atoms with Gasteiger partial charge in [0.25, 0.3) is 0 Å². The number of nitrogens with zero attached hydrogens (tertiary/aromatic N) is 2. The lowest BCUT2D eigenvalue weighted by Crippen LogP contribution is -2.58. The van der Waals surface area contributed by atoms with Gasteiger partial charge in [-0.05, 0) is 19.3 Å². The van der Waals surface area contributed by atoms with Crippen LogP contribution in [-0.2, 0) is 24.3 Å². The normalized spacial score (nSPS) is 29.9. The highest BCUT2D eigenvalue weighted by molar-refractivity contribution is 7.88. The van der Waals surface area contributed by atoms with Crippen molar-refractivity contribution < 1.29 is 22.7 Å². The predicted molar refractivity (Wildman–Crippen MR) is 82.0 cm³/mol. The molecule has 8 heteroatoms. The Bertz CT molecular complexity index is 507. The first kappa shape index (κ1) is 17.7. The van der Waals surface area contributed by atoms with Crippen molar-refractivity contribution in [1.29, 1.82) is 0 Å². The lowest BCUT2D eigenvalue weighted by molar-refractivity contribution is -0.152. The van der Waals surface area contributed by atoms with Crippen LogP contribution in [0.25, 0.3) is 0 Å². The highest BCUT2D eigenvalue weighted by Gasteiger charge is 2.48.